The van der Waals surface area contributed by atoms with E-state index >= 15 is 0 Å². The van der Waals surface area contributed by atoms with Crippen LogP contribution < -0.4 is 5.32 Å². The summed E-state index contributed by atoms with van der Waals surface area (Å²) in [6, 6.07) is -0.480. The second-order valence-electron chi connectivity index (χ2n) is 4.82. The third-order valence-corrected chi connectivity index (χ3v) is 5.10. The standard InChI is InChI=1S/C14H16BrNO3S/c15-11-8-20-7-10(11)12(6-13(17)18)16-14(19)9-4-2-1-3-5-9/h1-2,7-9,12H,3-6H2,(H,16,19)(H,17,18). The van der Waals surface area contributed by atoms with Crippen LogP contribution in [0, 0.1) is 5.92 Å². The molecule has 0 saturated carbocycles. The number of amides is 1. The van der Waals surface area contributed by atoms with Crippen molar-refractivity contribution in [2.24, 2.45) is 5.92 Å². The van der Waals surface area contributed by atoms with Crippen LogP contribution in [0.3, 0.4) is 0 Å². The number of allylic oxidation sites excluding steroid dienone is 2. The number of carboxylic acid groups (broad SMARTS) is 1. The number of carbonyl (C=O) groups is 2. The maximum absolute atomic E-state index is 12.2. The van der Waals surface area contributed by atoms with E-state index in [1.807, 2.05) is 16.8 Å². The smallest absolute Gasteiger partial charge is 0.305 e. The third kappa shape index (κ3) is 3.93. The predicted molar refractivity (Wildman–Crippen MR) is 81.6 cm³/mol. The first-order chi connectivity index (χ1) is 9.58. The molecule has 0 spiro atoms. The van der Waals surface area contributed by atoms with Crippen molar-refractivity contribution >= 4 is 39.1 Å². The quantitative estimate of drug-likeness (QED) is 0.792. The van der Waals surface area contributed by atoms with E-state index in [4.69, 9.17) is 5.11 Å². The fourth-order valence-corrected chi connectivity index (χ4v) is 3.90. The summed E-state index contributed by atoms with van der Waals surface area (Å²) in [5.74, 6) is -1.02. The number of nitrogens with one attached hydrogen (secondary N) is 1. The highest BCUT2D eigenvalue weighted by Gasteiger charge is 2.25. The number of hydrogen-bond acceptors (Lipinski definition) is 3. The molecule has 2 atom stereocenters. The fourth-order valence-electron chi connectivity index (χ4n) is 2.27. The van der Waals surface area contributed by atoms with Crippen LogP contribution in [-0.2, 0) is 9.59 Å². The number of carboxylic acids is 1. The molecular weight excluding hydrogens is 342 g/mol. The Labute approximate surface area is 130 Å². The lowest BCUT2D eigenvalue weighted by atomic mass is 9.93. The van der Waals surface area contributed by atoms with E-state index in [0.717, 1.165) is 29.3 Å². The van der Waals surface area contributed by atoms with Crippen molar-refractivity contribution in [3.8, 4) is 0 Å². The average Bonchev–Trinajstić information content (AvgIpc) is 2.84. The van der Waals surface area contributed by atoms with Gasteiger partial charge in [-0.05, 0) is 46.1 Å². The summed E-state index contributed by atoms with van der Waals surface area (Å²) < 4.78 is 0.845. The summed E-state index contributed by atoms with van der Waals surface area (Å²) in [6.07, 6.45) is 6.45. The number of rotatable bonds is 5. The van der Waals surface area contributed by atoms with E-state index in [9.17, 15) is 9.59 Å². The summed E-state index contributed by atoms with van der Waals surface area (Å²) >= 11 is 4.88. The first-order valence-electron chi connectivity index (χ1n) is 6.46. The topological polar surface area (TPSA) is 66.4 Å². The number of aliphatic carboxylic acids is 1. The Kier molecular flexibility index (Phi) is 5.37. The van der Waals surface area contributed by atoms with Crippen LogP contribution in [0.25, 0.3) is 0 Å². The number of thiophene rings is 1. The van der Waals surface area contributed by atoms with E-state index < -0.39 is 12.0 Å². The first kappa shape index (κ1) is 15.3. The Morgan fingerprint density at radius 1 is 1.45 bits per heavy atom. The van der Waals surface area contributed by atoms with Gasteiger partial charge in [0.15, 0.2) is 0 Å². The van der Waals surface area contributed by atoms with Crippen molar-refractivity contribution in [1.29, 1.82) is 0 Å². The number of hydrogen-bond donors (Lipinski definition) is 2. The predicted octanol–water partition coefficient (Wildman–Crippen LogP) is 3.50. The van der Waals surface area contributed by atoms with Gasteiger partial charge in [0, 0.05) is 15.8 Å². The molecular formula is C14H16BrNO3S. The maximum Gasteiger partial charge on any atom is 0.305 e. The molecule has 0 radical (unpaired) electrons. The van der Waals surface area contributed by atoms with Gasteiger partial charge in [0.25, 0.3) is 0 Å². The molecule has 0 saturated heterocycles. The average molecular weight is 358 g/mol. The highest BCUT2D eigenvalue weighted by Crippen LogP contribution is 2.30. The summed E-state index contributed by atoms with van der Waals surface area (Å²) in [6.45, 7) is 0. The summed E-state index contributed by atoms with van der Waals surface area (Å²) in [4.78, 5) is 23.2. The third-order valence-electron chi connectivity index (χ3n) is 3.35. The Morgan fingerprint density at radius 2 is 2.25 bits per heavy atom. The highest BCUT2D eigenvalue weighted by molar-refractivity contribution is 9.10. The summed E-state index contributed by atoms with van der Waals surface area (Å²) in [5.41, 5.74) is 0.831. The molecule has 4 nitrogen and oxygen atoms in total. The molecule has 2 rings (SSSR count). The van der Waals surface area contributed by atoms with Gasteiger partial charge in [0.2, 0.25) is 5.91 Å². The van der Waals surface area contributed by atoms with Crippen molar-refractivity contribution in [3.63, 3.8) is 0 Å². The largest absolute Gasteiger partial charge is 0.481 e. The minimum atomic E-state index is -0.920. The molecule has 0 aliphatic heterocycles. The van der Waals surface area contributed by atoms with Crippen LogP contribution in [0.1, 0.15) is 37.3 Å². The van der Waals surface area contributed by atoms with Gasteiger partial charge in [-0.2, -0.15) is 11.3 Å². The van der Waals surface area contributed by atoms with Crippen LogP contribution in [0.4, 0.5) is 0 Å². The Balaban J connectivity index is 2.08. The van der Waals surface area contributed by atoms with Crippen LogP contribution in [0.5, 0.6) is 0 Å². The van der Waals surface area contributed by atoms with Crippen molar-refractivity contribution < 1.29 is 14.7 Å². The van der Waals surface area contributed by atoms with Gasteiger partial charge in [-0.1, -0.05) is 12.2 Å². The van der Waals surface area contributed by atoms with Crippen molar-refractivity contribution in [2.75, 3.05) is 0 Å². The van der Waals surface area contributed by atoms with E-state index in [-0.39, 0.29) is 18.2 Å². The van der Waals surface area contributed by atoms with E-state index in [1.54, 1.807) is 0 Å². The van der Waals surface area contributed by atoms with Gasteiger partial charge >= 0.3 is 5.97 Å². The van der Waals surface area contributed by atoms with E-state index in [0.29, 0.717) is 0 Å². The zero-order valence-electron chi connectivity index (χ0n) is 10.8. The fraction of sp³-hybridized carbons (Fsp3) is 0.429. The molecule has 0 bridgehead atoms. The SMILES string of the molecule is O=C(O)CC(NC(=O)C1CC=CCC1)c1cscc1Br. The molecule has 20 heavy (non-hydrogen) atoms. The lowest BCUT2D eigenvalue weighted by Gasteiger charge is -2.22. The Hall–Kier alpha value is -1.14. The zero-order valence-corrected chi connectivity index (χ0v) is 13.2. The van der Waals surface area contributed by atoms with Gasteiger partial charge in [0.05, 0.1) is 12.5 Å². The second kappa shape index (κ2) is 7.04. The van der Waals surface area contributed by atoms with E-state index in [1.165, 1.54) is 11.3 Å². The molecule has 2 N–H and O–H groups in total. The van der Waals surface area contributed by atoms with Crippen LogP contribution >= 0.6 is 27.3 Å². The van der Waals surface area contributed by atoms with Gasteiger partial charge in [-0.25, -0.2) is 0 Å². The first-order valence-corrected chi connectivity index (χ1v) is 8.20. The van der Waals surface area contributed by atoms with Crippen molar-refractivity contribution in [3.05, 3.63) is 32.9 Å². The maximum atomic E-state index is 12.2. The molecule has 1 aliphatic carbocycles. The minimum absolute atomic E-state index is 0.0475. The zero-order chi connectivity index (χ0) is 14.5. The van der Waals surface area contributed by atoms with Crippen LogP contribution in [0.15, 0.2) is 27.4 Å². The number of carbonyl (C=O) groups excluding carboxylic acids is 1. The van der Waals surface area contributed by atoms with E-state index in [2.05, 4.69) is 27.3 Å². The van der Waals surface area contributed by atoms with Gasteiger partial charge < -0.3 is 10.4 Å². The second-order valence-corrected chi connectivity index (χ2v) is 6.41. The molecule has 108 valence electrons. The van der Waals surface area contributed by atoms with Gasteiger partial charge in [-0.15, -0.1) is 0 Å². The van der Waals surface area contributed by atoms with Crippen molar-refractivity contribution in [1.82, 2.24) is 5.32 Å². The van der Waals surface area contributed by atoms with Gasteiger partial charge in [-0.3, -0.25) is 9.59 Å². The minimum Gasteiger partial charge on any atom is -0.481 e. The Bertz CT molecular complexity index is 526. The molecule has 0 aromatic carbocycles. The normalized spacial score (nSPS) is 19.6. The van der Waals surface area contributed by atoms with Gasteiger partial charge in [0.1, 0.15) is 0 Å². The summed E-state index contributed by atoms with van der Waals surface area (Å²) in [5, 5.41) is 15.7. The molecule has 1 aromatic heterocycles. The summed E-state index contributed by atoms with van der Waals surface area (Å²) in [7, 11) is 0. The monoisotopic (exact) mass is 357 g/mol. The molecule has 1 aliphatic rings. The lowest BCUT2D eigenvalue weighted by Crippen LogP contribution is -2.35. The van der Waals surface area contributed by atoms with Crippen molar-refractivity contribution in [2.45, 2.75) is 31.7 Å². The molecule has 1 amide bonds. The number of halogens is 1. The lowest BCUT2D eigenvalue weighted by molar-refractivity contribution is -0.138. The van der Waals surface area contributed by atoms with Crippen LogP contribution in [-0.4, -0.2) is 17.0 Å². The highest BCUT2D eigenvalue weighted by atomic mass is 79.9. The van der Waals surface area contributed by atoms with Crippen LogP contribution in [0.2, 0.25) is 0 Å². The molecule has 2 unspecified atom stereocenters. The molecule has 6 heteroatoms. The molecule has 1 heterocycles. The Morgan fingerprint density at radius 3 is 2.80 bits per heavy atom. The molecule has 1 aromatic rings. The molecule has 0 fully saturated rings.